The highest BCUT2D eigenvalue weighted by Gasteiger charge is 2.17. The second kappa shape index (κ2) is 6.87. The first-order valence-electron chi connectivity index (χ1n) is 6.79. The van der Waals surface area contributed by atoms with E-state index in [1.807, 2.05) is 14.0 Å². The van der Waals surface area contributed by atoms with Crippen molar-refractivity contribution in [3.63, 3.8) is 0 Å². The molecule has 1 rings (SSSR count). The molecule has 0 saturated carbocycles. The van der Waals surface area contributed by atoms with E-state index in [1.165, 1.54) is 5.56 Å². The highest BCUT2D eigenvalue weighted by molar-refractivity contribution is 5.41. The van der Waals surface area contributed by atoms with Crippen LogP contribution < -0.4 is 10.6 Å². The van der Waals surface area contributed by atoms with Gasteiger partial charge in [0.05, 0.1) is 6.10 Å². The van der Waals surface area contributed by atoms with E-state index in [2.05, 4.69) is 43.5 Å². The number of ether oxygens (including phenoxy) is 1. The number of hydrogen-bond donors (Lipinski definition) is 2. The van der Waals surface area contributed by atoms with Crippen LogP contribution in [0.4, 0.5) is 5.82 Å². The van der Waals surface area contributed by atoms with Crippen molar-refractivity contribution in [3.05, 3.63) is 23.4 Å². The van der Waals surface area contributed by atoms with Gasteiger partial charge in [0, 0.05) is 31.3 Å². The zero-order valence-corrected chi connectivity index (χ0v) is 13.0. The number of hydrogen-bond acceptors (Lipinski definition) is 4. The first kappa shape index (κ1) is 15.9. The summed E-state index contributed by atoms with van der Waals surface area (Å²) in [4.78, 5) is 4.70. The van der Waals surface area contributed by atoms with Crippen molar-refractivity contribution in [2.45, 2.75) is 45.8 Å². The molecule has 0 radical (unpaired) electrons. The van der Waals surface area contributed by atoms with Crippen molar-refractivity contribution in [2.75, 3.05) is 26.0 Å². The van der Waals surface area contributed by atoms with Gasteiger partial charge in [-0.1, -0.05) is 20.8 Å². The molecular formula is C15H27N3O. The third kappa shape index (κ3) is 5.17. The van der Waals surface area contributed by atoms with Crippen molar-refractivity contribution >= 4 is 5.82 Å². The number of anilines is 1. The van der Waals surface area contributed by atoms with Crippen LogP contribution >= 0.6 is 0 Å². The summed E-state index contributed by atoms with van der Waals surface area (Å²) in [6.07, 6.45) is 0.174. The molecule has 0 saturated heterocycles. The van der Waals surface area contributed by atoms with E-state index in [4.69, 9.17) is 9.72 Å². The monoisotopic (exact) mass is 265 g/mol. The molecule has 19 heavy (non-hydrogen) atoms. The summed E-state index contributed by atoms with van der Waals surface area (Å²) in [6, 6.07) is 4.26. The number of rotatable bonds is 6. The van der Waals surface area contributed by atoms with Crippen LogP contribution in [0.2, 0.25) is 0 Å². The maximum Gasteiger partial charge on any atom is 0.126 e. The van der Waals surface area contributed by atoms with Gasteiger partial charge in [-0.2, -0.15) is 0 Å². The fourth-order valence-corrected chi connectivity index (χ4v) is 1.70. The van der Waals surface area contributed by atoms with E-state index in [0.717, 1.165) is 24.6 Å². The average molecular weight is 265 g/mol. The van der Waals surface area contributed by atoms with Gasteiger partial charge < -0.3 is 15.4 Å². The Morgan fingerprint density at radius 2 is 2.00 bits per heavy atom. The molecule has 0 amide bonds. The second-order valence-corrected chi connectivity index (χ2v) is 5.95. The lowest BCUT2D eigenvalue weighted by Gasteiger charge is -2.21. The third-order valence-electron chi connectivity index (χ3n) is 3.01. The van der Waals surface area contributed by atoms with E-state index < -0.39 is 0 Å². The van der Waals surface area contributed by atoms with Gasteiger partial charge in [-0.05, 0) is 31.7 Å². The minimum atomic E-state index is 0.0487. The number of aromatic nitrogens is 1. The Balaban J connectivity index is 2.93. The number of methoxy groups -OCH3 is 1. The molecule has 0 aliphatic carbocycles. The van der Waals surface area contributed by atoms with Gasteiger partial charge in [0.25, 0.3) is 0 Å². The van der Waals surface area contributed by atoms with Crippen molar-refractivity contribution in [1.82, 2.24) is 10.3 Å². The molecule has 0 fully saturated rings. The largest absolute Gasteiger partial charge is 0.380 e. The van der Waals surface area contributed by atoms with Crippen molar-refractivity contribution in [3.8, 4) is 0 Å². The topological polar surface area (TPSA) is 46.2 Å². The van der Waals surface area contributed by atoms with Crippen LogP contribution in [0.5, 0.6) is 0 Å². The summed E-state index contributed by atoms with van der Waals surface area (Å²) >= 11 is 0. The van der Waals surface area contributed by atoms with E-state index in [1.54, 1.807) is 7.11 Å². The summed E-state index contributed by atoms with van der Waals surface area (Å²) in [7, 11) is 3.68. The Morgan fingerprint density at radius 1 is 1.32 bits per heavy atom. The summed E-state index contributed by atoms with van der Waals surface area (Å²) in [5, 5.41) is 6.53. The van der Waals surface area contributed by atoms with Crippen molar-refractivity contribution in [1.29, 1.82) is 0 Å². The normalized spacial score (nSPS) is 13.4. The Labute approximate surface area is 117 Å². The summed E-state index contributed by atoms with van der Waals surface area (Å²) in [5.74, 6) is 0.918. The molecule has 0 aromatic carbocycles. The molecule has 108 valence electrons. The lowest BCUT2D eigenvalue weighted by atomic mass is 9.90. The van der Waals surface area contributed by atoms with Crippen LogP contribution in [0, 0.1) is 0 Å². The van der Waals surface area contributed by atoms with Gasteiger partial charge in [0.1, 0.15) is 5.82 Å². The molecular weight excluding hydrogens is 238 g/mol. The third-order valence-corrected chi connectivity index (χ3v) is 3.01. The molecule has 1 heterocycles. The van der Waals surface area contributed by atoms with Gasteiger partial charge in [-0.3, -0.25) is 0 Å². The maximum atomic E-state index is 5.24. The van der Waals surface area contributed by atoms with Crippen LogP contribution in [-0.4, -0.2) is 31.8 Å². The Kier molecular flexibility index (Phi) is 5.76. The first-order valence-corrected chi connectivity index (χ1v) is 6.79. The minimum Gasteiger partial charge on any atom is -0.380 e. The Bertz CT molecular complexity index is 399. The van der Waals surface area contributed by atoms with Crippen LogP contribution in [0.1, 0.15) is 39.0 Å². The number of nitrogens with zero attached hydrogens (tertiary/aromatic N) is 1. The Morgan fingerprint density at radius 3 is 2.53 bits per heavy atom. The lowest BCUT2D eigenvalue weighted by molar-refractivity contribution is 0.128. The molecule has 0 spiro atoms. The first-order chi connectivity index (χ1) is 8.86. The minimum absolute atomic E-state index is 0.0487. The predicted molar refractivity (Wildman–Crippen MR) is 80.7 cm³/mol. The molecule has 4 nitrogen and oxygen atoms in total. The van der Waals surface area contributed by atoms with E-state index in [-0.39, 0.29) is 11.5 Å². The highest BCUT2D eigenvalue weighted by atomic mass is 16.5. The lowest BCUT2D eigenvalue weighted by Crippen LogP contribution is -2.21. The van der Waals surface area contributed by atoms with Crippen LogP contribution in [0.15, 0.2) is 12.1 Å². The van der Waals surface area contributed by atoms with Crippen LogP contribution in [-0.2, 0) is 16.7 Å². The number of nitrogens with one attached hydrogen (secondary N) is 2. The molecule has 0 bridgehead atoms. The summed E-state index contributed by atoms with van der Waals surface area (Å²) in [6.45, 7) is 10.2. The van der Waals surface area contributed by atoms with Gasteiger partial charge in [0.15, 0.2) is 0 Å². The zero-order chi connectivity index (χ0) is 14.5. The second-order valence-electron chi connectivity index (χ2n) is 5.95. The van der Waals surface area contributed by atoms with E-state index >= 15 is 0 Å². The molecule has 1 aromatic heterocycles. The quantitative estimate of drug-likeness (QED) is 0.830. The zero-order valence-electron chi connectivity index (χ0n) is 13.0. The fraction of sp³-hybridized carbons (Fsp3) is 0.667. The average Bonchev–Trinajstić information content (AvgIpc) is 2.35. The van der Waals surface area contributed by atoms with Crippen LogP contribution in [0.3, 0.4) is 0 Å². The standard InChI is InChI=1S/C15H27N3O/c1-11(19-6)9-17-14-8-12(10-16-5)7-13(18-14)15(2,3)4/h7-8,11,16H,9-10H2,1-6H3,(H,17,18). The van der Waals surface area contributed by atoms with E-state index in [0.29, 0.717) is 0 Å². The SMILES string of the molecule is CNCc1cc(NCC(C)OC)nc(C(C)(C)C)c1. The van der Waals surface area contributed by atoms with Gasteiger partial charge in [-0.25, -0.2) is 4.98 Å². The molecule has 1 atom stereocenters. The van der Waals surface area contributed by atoms with Crippen LogP contribution in [0.25, 0.3) is 0 Å². The molecule has 0 aliphatic rings. The fourth-order valence-electron chi connectivity index (χ4n) is 1.70. The van der Waals surface area contributed by atoms with Gasteiger partial charge >= 0.3 is 0 Å². The van der Waals surface area contributed by atoms with Crippen molar-refractivity contribution in [2.24, 2.45) is 0 Å². The summed E-state index contributed by atoms with van der Waals surface area (Å²) < 4.78 is 5.24. The van der Waals surface area contributed by atoms with Gasteiger partial charge in [-0.15, -0.1) is 0 Å². The van der Waals surface area contributed by atoms with Crippen molar-refractivity contribution < 1.29 is 4.74 Å². The molecule has 0 aliphatic heterocycles. The van der Waals surface area contributed by atoms with E-state index in [9.17, 15) is 0 Å². The molecule has 1 unspecified atom stereocenters. The highest BCUT2D eigenvalue weighted by Crippen LogP contribution is 2.23. The molecule has 4 heteroatoms. The molecule has 1 aromatic rings. The Hall–Kier alpha value is -1.13. The summed E-state index contributed by atoms with van der Waals surface area (Å²) in [5.41, 5.74) is 2.40. The maximum absolute atomic E-state index is 5.24. The molecule has 2 N–H and O–H groups in total. The predicted octanol–water partition coefficient (Wildman–Crippen LogP) is 2.55. The smallest absolute Gasteiger partial charge is 0.126 e. The number of pyridine rings is 1. The van der Waals surface area contributed by atoms with Gasteiger partial charge in [0.2, 0.25) is 0 Å².